The summed E-state index contributed by atoms with van der Waals surface area (Å²) in [6.45, 7) is 3.95. The SMILES string of the molecule is C#CC(=C1C[C@@]2(C)C(=C(C)C1=O)CCC[C@@H]2O)c1ccccc1. The summed E-state index contributed by atoms with van der Waals surface area (Å²) in [5.41, 5.74) is 3.74. The van der Waals surface area contributed by atoms with E-state index in [2.05, 4.69) is 12.8 Å². The van der Waals surface area contributed by atoms with Crippen molar-refractivity contribution >= 4 is 11.4 Å². The molecule has 3 rings (SSSR count). The highest BCUT2D eigenvalue weighted by molar-refractivity contribution is 6.15. The van der Waals surface area contributed by atoms with Gasteiger partial charge in [-0.3, -0.25) is 4.79 Å². The van der Waals surface area contributed by atoms with Crippen LogP contribution in [0.25, 0.3) is 5.57 Å². The fraction of sp³-hybridized carbons (Fsp3) is 0.381. The summed E-state index contributed by atoms with van der Waals surface area (Å²) in [4.78, 5) is 12.9. The number of Topliss-reactive ketones (excluding diaryl/α,β-unsaturated/α-hetero) is 1. The molecular weight excluding hydrogens is 284 g/mol. The van der Waals surface area contributed by atoms with Gasteiger partial charge in [-0.1, -0.05) is 48.7 Å². The zero-order chi connectivity index (χ0) is 16.6. The predicted octanol–water partition coefficient (Wildman–Crippen LogP) is 3.91. The zero-order valence-electron chi connectivity index (χ0n) is 13.7. The lowest BCUT2D eigenvalue weighted by Gasteiger charge is -2.45. The molecule has 118 valence electrons. The van der Waals surface area contributed by atoms with Crippen LogP contribution in [0.4, 0.5) is 0 Å². The number of fused-ring (bicyclic) bond motifs is 1. The lowest BCUT2D eigenvalue weighted by Crippen LogP contribution is -2.42. The van der Waals surface area contributed by atoms with Gasteiger partial charge in [0.1, 0.15) is 0 Å². The normalized spacial score (nSPS) is 29.8. The molecular formula is C21H22O2. The molecule has 2 aliphatic carbocycles. The molecule has 0 saturated heterocycles. The van der Waals surface area contributed by atoms with Gasteiger partial charge >= 0.3 is 0 Å². The molecule has 1 aromatic carbocycles. The molecule has 0 heterocycles. The second-order valence-electron chi connectivity index (χ2n) is 6.80. The van der Waals surface area contributed by atoms with Crippen molar-refractivity contribution in [3.8, 4) is 12.3 Å². The van der Waals surface area contributed by atoms with Crippen molar-refractivity contribution in [2.24, 2.45) is 5.41 Å². The number of benzene rings is 1. The number of hydrogen-bond acceptors (Lipinski definition) is 2. The standard InChI is InChI=1S/C21H22O2/c1-4-16(15-9-6-5-7-10-15)17-13-21(3)18(14(2)20(17)23)11-8-12-19(21)22/h1,5-7,9-10,19,22H,8,11-13H2,2-3H3/t19-,21-/m0/s1. The first-order chi connectivity index (χ1) is 11.0. The summed E-state index contributed by atoms with van der Waals surface area (Å²) in [5, 5.41) is 10.6. The lowest BCUT2D eigenvalue weighted by molar-refractivity contribution is -0.113. The minimum absolute atomic E-state index is 0.0448. The summed E-state index contributed by atoms with van der Waals surface area (Å²) in [6, 6.07) is 9.64. The topological polar surface area (TPSA) is 37.3 Å². The summed E-state index contributed by atoms with van der Waals surface area (Å²) in [7, 11) is 0. The molecule has 2 atom stereocenters. The quantitative estimate of drug-likeness (QED) is 0.631. The summed E-state index contributed by atoms with van der Waals surface area (Å²) in [6.07, 6.45) is 8.48. The van der Waals surface area contributed by atoms with Crippen molar-refractivity contribution in [2.45, 2.75) is 45.6 Å². The molecule has 1 fully saturated rings. The van der Waals surface area contributed by atoms with E-state index in [1.165, 1.54) is 0 Å². The maximum Gasteiger partial charge on any atom is 0.185 e. The van der Waals surface area contributed by atoms with Crippen molar-refractivity contribution in [3.63, 3.8) is 0 Å². The number of allylic oxidation sites excluding steroid dienone is 3. The maximum absolute atomic E-state index is 12.9. The van der Waals surface area contributed by atoms with E-state index in [0.717, 1.165) is 36.0 Å². The van der Waals surface area contributed by atoms with Gasteiger partial charge in [-0.2, -0.15) is 0 Å². The third-order valence-electron chi connectivity index (χ3n) is 5.45. The Labute approximate surface area is 137 Å². The van der Waals surface area contributed by atoms with Gasteiger partial charge in [0.15, 0.2) is 5.78 Å². The molecule has 0 amide bonds. The largest absolute Gasteiger partial charge is 0.392 e. The number of aliphatic hydroxyl groups excluding tert-OH is 1. The van der Waals surface area contributed by atoms with Gasteiger partial charge in [-0.15, -0.1) is 6.42 Å². The Morgan fingerprint density at radius 1 is 1.35 bits per heavy atom. The van der Waals surface area contributed by atoms with E-state index < -0.39 is 6.10 Å². The van der Waals surface area contributed by atoms with Crippen molar-refractivity contribution in [3.05, 3.63) is 52.6 Å². The third kappa shape index (κ3) is 2.46. The first-order valence-electron chi connectivity index (χ1n) is 8.17. The molecule has 2 heteroatoms. The van der Waals surface area contributed by atoms with Gasteiger partial charge < -0.3 is 5.11 Å². The van der Waals surface area contributed by atoms with E-state index in [1.54, 1.807) is 0 Å². The lowest BCUT2D eigenvalue weighted by atomic mass is 9.60. The van der Waals surface area contributed by atoms with Crippen LogP contribution in [0.1, 0.15) is 45.1 Å². The van der Waals surface area contributed by atoms with Crippen molar-refractivity contribution < 1.29 is 9.90 Å². The Bertz CT molecular complexity index is 746. The first kappa shape index (κ1) is 15.8. The zero-order valence-corrected chi connectivity index (χ0v) is 13.7. The minimum Gasteiger partial charge on any atom is -0.392 e. The highest BCUT2D eigenvalue weighted by Crippen LogP contribution is 2.51. The van der Waals surface area contributed by atoms with Crippen LogP contribution in [0.15, 0.2) is 47.1 Å². The fourth-order valence-corrected chi connectivity index (χ4v) is 4.08. The van der Waals surface area contributed by atoms with Crippen LogP contribution in [-0.4, -0.2) is 17.0 Å². The van der Waals surface area contributed by atoms with E-state index >= 15 is 0 Å². The second-order valence-corrected chi connectivity index (χ2v) is 6.80. The third-order valence-corrected chi connectivity index (χ3v) is 5.45. The van der Waals surface area contributed by atoms with Crippen LogP contribution in [0, 0.1) is 17.8 Å². The minimum atomic E-state index is -0.418. The Kier molecular flexibility index (Phi) is 4.00. The van der Waals surface area contributed by atoms with E-state index in [0.29, 0.717) is 17.6 Å². The Balaban J connectivity index is 2.19. The smallest absolute Gasteiger partial charge is 0.185 e. The van der Waals surface area contributed by atoms with Crippen molar-refractivity contribution in [1.29, 1.82) is 0 Å². The first-order valence-corrected chi connectivity index (χ1v) is 8.17. The molecule has 1 aromatic rings. The molecule has 1 N–H and O–H groups in total. The van der Waals surface area contributed by atoms with Gasteiger partial charge in [0.2, 0.25) is 0 Å². The second kappa shape index (κ2) is 5.83. The van der Waals surface area contributed by atoms with Crippen molar-refractivity contribution in [1.82, 2.24) is 0 Å². The molecule has 0 radical (unpaired) electrons. The number of hydrogen-bond donors (Lipinski definition) is 1. The Morgan fingerprint density at radius 3 is 2.70 bits per heavy atom. The molecule has 2 aliphatic rings. The number of carbonyl (C=O) groups is 1. The summed E-state index contributed by atoms with van der Waals surface area (Å²) in [5.74, 6) is 2.77. The number of terminal acetylenes is 1. The predicted molar refractivity (Wildman–Crippen MR) is 92.5 cm³/mol. The molecule has 0 spiro atoms. The van der Waals surface area contributed by atoms with Crippen LogP contribution < -0.4 is 0 Å². The average Bonchev–Trinajstić information content (AvgIpc) is 2.56. The molecule has 0 aliphatic heterocycles. The van der Waals surface area contributed by atoms with Gasteiger partial charge in [0.05, 0.1) is 6.10 Å². The Hall–Kier alpha value is -2.11. The monoisotopic (exact) mass is 306 g/mol. The summed E-state index contributed by atoms with van der Waals surface area (Å²) < 4.78 is 0. The summed E-state index contributed by atoms with van der Waals surface area (Å²) >= 11 is 0. The van der Waals surface area contributed by atoms with Gasteiger partial charge in [-0.05, 0) is 43.7 Å². The maximum atomic E-state index is 12.9. The molecule has 0 aromatic heterocycles. The van der Waals surface area contributed by atoms with E-state index in [1.807, 2.05) is 37.3 Å². The Morgan fingerprint density at radius 2 is 2.04 bits per heavy atom. The van der Waals surface area contributed by atoms with E-state index in [-0.39, 0.29) is 11.2 Å². The molecule has 2 nitrogen and oxygen atoms in total. The van der Waals surface area contributed by atoms with Gasteiger partial charge in [0.25, 0.3) is 0 Å². The van der Waals surface area contributed by atoms with Crippen LogP contribution in [0.5, 0.6) is 0 Å². The van der Waals surface area contributed by atoms with Crippen LogP contribution in [-0.2, 0) is 4.79 Å². The van der Waals surface area contributed by atoms with Crippen LogP contribution in [0.3, 0.4) is 0 Å². The van der Waals surface area contributed by atoms with Crippen molar-refractivity contribution in [2.75, 3.05) is 0 Å². The van der Waals surface area contributed by atoms with Gasteiger partial charge in [-0.25, -0.2) is 0 Å². The average molecular weight is 306 g/mol. The van der Waals surface area contributed by atoms with Gasteiger partial charge in [0, 0.05) is 16.6 Å². The molecule has 0 unspecified atom stereocenters. The highest BCUT2D eigenvalue weighted by Gasteiger charge is 2.46. The fourth-order valence-electron chi connectivity index (χ4n) is 4.08. The number of ketones is 1. The molecule has 1 saturated carbocycles. The van der Waals surface area contributed by atoms with E-state index in [4.69, 9.17) is 6.42 Å². The number of rotatable bonds is 1. The number of aliphatic hydroxyl groups is 1. The number of carbonyl (C=O) groups excluding carboxylic acids is 1. The van der Waals surface area contributed by atoms with Crippen LogP contribution in [0.2, 0.25) is 0 Å². The molecule has 0 bridgehead atoms. The van der Waals surface area contributed by atoms with Crippen LogP contribution >= 0.6 is 0 Å². The van der Waals surface area contributed by atoms with E-state index in [9.17, 15) is 9.90 Å². The molecule has 23 heavy (non-hydrogen) atoms. The highest BCUT2D eigenvalue weighted by atomic mass is 16.3.